The van der Waals surface area contributed by atoms with Crippen molar-refractivity contribution in [2.75, 3.05) is 18.0 Å². The fourth-order valence-corrected chi connectivity index (χ4v) is 3.55. The standard InChI is InChI=1S/C23H22FN5O2/c1-2-16-14-26-23(27-15-16)28-8-5-19(6-9-28)31-20-7-10-29(22(30)12-20)18-4-3-17(13-25)21(24)11-18/h3-4,7,10-12,14-15,19H,2,5-6,8-9H2,1H3. The smallest absolute Gasteiger partial charge is 0.258 e. The van der Waals surface area contributed by atoms with Gasteiger partial charge in [-0.15, -0.1) is 0 Å². The van der Waals surface area contributed by atoms with Crippen molar-refractivity contribution in [3.8, 4) is 17.5 Å². The molecule has 3 aromatic rings. The quantitative estimate of drug-likeness (QED) is 0.631. The van der Waals surface area contributed by atoms with Crippen molar-refractivity contribution in [2.45, 2.75) is 32.3 Å². The van der Waals surface area contributed by atoms with Crippen LogP contribution in [0.15, 0.2) is 53.7 Å². The van der Waals surface area contributed by atoms with Crippen molar-refractivity contribution in [3.63, 3.8) is 0 Å². The van der Waals surface area contributed by atoms with Crippen LogP contribution in [0.25, 0.3) is 5.69 Å². The number of pyridine rings is 1. The van der Waals surface area contributed by atoms with E-state index in [0.717, 1.165) is 43.9 Å². The Morgan fingerprint density at radius 2 is 1.94 bits per heavy atom. The van der Waals surface area contributed by atoms with Gasteiger partial charge in [0.15, 0.2) is 0 Å². The average molecular weight is 419 g/mol. The lowest BCUT2D eigenvalue weighted by molar-refractivity contribution is 0.170. The third-order valence-corrected chi connectivity index (χ3v) is 5.37. The number of aryl methyl sites for hydroxylation is 1. The monoisotopic (exact) mass is 419 g/mol. The number of anilines is 1. The molecule has 0 aliphatic carbocycles. The molecule has 0 saturated carbocycles. The minimum Gasteiger partial charge on any atom is -0.490 e. The van der Waals surface area contributed by atoms with Crippen LogP contribution >= 0.6 is 0 Å². The zero-order chi connectivity index (χ0) is 21.8. The summed E-state index contributed by atoms with van der Waals surface area (Å²) in [5.74, 6) is 0.553. The molecule has 1 aliphatic rings. The largest absolute Gasteiger partial charge is 0.490 e. The van der Waals surface area contributed by atoms with Crippen LogP contribution in [0.2, 0.25) is 0 Å². The van der Waals surface area contributed by atoms with Crippen molar-refractivity contribution >= 4 is 5.95 Å². The Morgan fingerprint density at radius 1 is 1.19 bits per heavy atom. The second-order valence-corrected chi connectivity index (χ2v) is 7.40. The highest BCUT2D eigenvalue weighted by atomic mass is 19.1. The average Bonchev–Trinajstić information content (AvgIpc) is 2.80. The van der Waals surface area contributed by atoms with E-state index in [1.807, 2.05) is 12.4 Å². The van der Waals surface area contributed by atoms with Crippen LogP contribution in [0.3, 0.4) is 0 Å². The Labute approximate surface area is 179 Å². The maximum Gasteiger partial charge on any atom is 0.258 e. The minimum absolute atomic E-state index is 0.00577. The summed E-state index contributed by atoms with van der Waals surface area (Å²) in [6.45, 7) is 3.62. The van der Waals surface area contributed by atoms with Gasteiger partial charge < -0.3 is 9.64 Å². The van der Waals surface area contributed by atoms with Gasteiger partial charge in [-0.1, -0.05) is 6.92 Å². The fraction of sp³-hybridized carbons (Fsp3) is 0.304. The number of hydrogen-bond donors (Lipinski definition) is 0. The highest BCUT2D eigenvalue weighted by Gasteiger charge is 2.22. The summed E-state index contributed by atoms with van der Waals surface area (Å²) in [6.07, 6.45) is 7.77. The van der Waals surface area contributed by atoms with Gasteiger partial charge in [0.05, 0.1) is 11.3 Å². The minimum atomic E-state index is -0.660. The number of aromatic nitrogens is 3. The molecule has 1 aromatic carbocycles. The van der Waals surface area contributed by atoms with Gasteiger partial charge in [0.25, 0.3) is 5.56 Å². The lowest BCUT2D eigenvalue weighted by Crippen LogP contribution is -2.39. The first-order valence-electron chi connectivity index (χ1n) is 10.2. The van der Waals surface area contributed by atoms with E-state index >= 15 is 0 Å². The molecule has 0 spiro atoms. The number of rotatable bonds is 5. The Balaban J connectivity index is 1.39. The summed E-state index contributed by atoms with van der Waals surface area (Å²) >= 11 is 0. The summed E-state index contributed by atoms with van der Waals surface area (Å²) in [5, 5.41) is 8.84. The zero-order valence-electron chi connectivity index (χ0n) is 17.2. The molecule has 1 fully saturated rings. The first-order valence-corrected chi connectivity index (χ1v) is 10.2. The van der Waals surface area contributed by atoms with Crippen LogP contribution in [0.4, 0.5) is 10.3 Å². The Kier molecular flexibility index (Phi) is 5.94. The fourth-order valence-electron chi connectivity index (χ4n) is 3.55. The van der Waals surface area contributed by atoms with E-state index in [-0.39, 0.29) is 17.2 Å². The van der Waals surface area contributed by atoms with Crippen LogP contribution in [-0.4, -0.2) is 33.7 Å². The number of nitriles is 1. The summed E-state index contributed by atoms with van der Waals surface area (Å²) in [6, 6.07) is 8.92. The van der Waals surface area contributed by atoms with Crippen LogP contribution in [-0.2, 0) is 6.42 Å². The van der Waals surface area contributed by atoms with Crippen LogP contribution < -0.4 is 15.2 Å². The van der Waals surface area contributed by atoms with E-state index in [1.165, 1.54) is 28.8 Å². The highest BCUT2D eigenvalue weighted by Crippen LogP contribution is 2.21. The van der Waals surface area contributed by atoms with Crippen molar-refractivity contribution in [1.29, 1.82) is 5.26 Å². The molecule has 4 rings (SSSR count). The Morgan fingerprint density at radius 3 is 2.55 bits per heavy atom. The van der Waals surface area contributed by atoms with Crippen molar-refractivity contribution in [2.24, 2.45) is 0 Å². The van der Waals surface area contributed by atoms with Crippen molar-refractivity contribution < 1.29 is 9.13 Å². The van der Waals surface area contributed by atoms with Crippen LogP contribution in [0.1, 0.15) is 30.9 Å². The number of nitrogens with zero attached hydrogens (tertiary/aromatic N) is 5. The summed E-state index contributed by atoms with van der Waals surface area (Å²) in [7, 11) is 0. The second-order valence-electron chi connectivity index (χ2n) is 7.40. The highest BCUT2D eigenvalue weighted by molar-refractivity contribution is 5.41. The molecular formula is C23H22FN5O2. The van der Waals surface area contributed by atoms with Gasteiger partial charge in [-0.05, 0) is 36.2 Å². The molecule has 8 heteroatoms. The van der Waals surface area contributed by atoms with E-state index < -0.39 is 5.82 Å². The first-order chi connectivity index (χ1) is 15.1. The van der Waals surface area contributed by atoms with E-state index in [1.54, 1.807) is 18.3 Å². The SMILES string of the molecule is CCc1cnc(N2CCC(Oc3ccn(-c4ccc(C#N)c(F)c4)c(=O)c3)CC2)nc1. The normalized spacial score (nSPS) is 14.3. The van der Waals surface area contributed by atoms with Gasteiger partial charge in [-0.25, -0.2) is 14.4 Å². The van der Waals surface area contributed by atoms with E-state index in [0.29, 0.717) is 11.4 Å². The maximum atomic E-state index is 13.9. The number of benzene rings is 1. The first kappa shape index (κ1) is 20.5. The lowest BCUT2D eigenvalue weighted by Gasteiger charge is -2.32. The van der Waals surface area contributed by atoms with E-state index in [4.69, 9.17) is 10.00 Å². The Bertz CT molecular complexity index is 1160. The maximum absolute atomic E-state index is 13.9. The number of hydrogen-bond acceptors (Lipinski definition) is 6. The van der Waals surface area contributed by atoms with Gasteiger partial charge in [-0.3, -0.25) is 9.36 Å². The summed E-state index contributed by atoms with van der Waals surface area (Å²) in [4.78, 5) is 23.5. The van der Waals surface area contributed by atoms with E-state index in [2.05, 4.69) is 21.8 Å². The lowest BCUT2D eigenvalue weighted by atomic mass is 10.1. The predicted octanol–water partition coefficient (Wildman–Crippen LogP) is 3.25. The molecule has 0 N–H and O–H groups in total. The van der Waals surface area contributed by atoms with Gasteiger partial charge in [0.1, 0.15) is 23.7 Å². The molecule has 31 heavy (non-hydrogen) atoms. The molecular weight excluding hydrogens is 397 g/mol. The van der Waals surface area contributed by atoms with Crippen LogP contribution in [0.5, 0.6) is 5.75 Å². The molecule has 0 radical (unpaired) electrons. The number of piperidine rings is 1. The topological polar surface area (TPSA) is 84.0 Å². The van der Waals surface area contributed by atoms with Gasteiger partial charge in [0.2, 0.25) is 5.95 Å². The molecule has 0 bridgehead atoms. The number of halogens is 1. The molecule has 2 aromatic heterocycles. The van der Waals surface area contributed by atoms with Gasteiger partial charge in [0, 0.05) is 50.6 Å². The number of ether oxygens (including phenoxy) is 1. The van der Waals surface area contributed by atoms with Gasteiger partial charge >= 0.3 is 0 Å². The summed E-state index contributed by atoms with van der Waals surface area (Å²) < 4.78 is 21.2. The predicted molar refractivity (Wildman–Crippen MR) is 114 cm³/mol. The van der Waals surface area contributed by atoms with Crippen LogP contribution in [0, 0.1) is 17.1 Å². The molecule has 0 atom stereocenters. The summed E-state index contributed by atoms with van der Waals surface area (Å²) in [5.41, 5.74) is 1.08. The van der Waals surface area contributed by atoms with Crippen molar-refractivity contribution in [1.82, 2.24) is 14.5 Å². The second kappa shape index (κ2) is 8.96. The third-order valence-electron chi connectivity index (χ3n) is 5.37. The zero-order valence-corrected chi connectivity index (χ0v) is 17.2. The molecule has 3 heterocycles. The third kappa shape index (κ3) is 4.56. The molecule has 0 unspecified atom stereocenters. The molecule has 0 amide bonds. The Hall–Kier alpha value is -3.73. The molecule has 1 saturated heterocycles. The van der Waals surface area contributed by atoms with E-state index in [9.17, 15) is 9.18 Å². The molecule has 7 nitrogen and oxygen atoms in total. The van der Waals surface area contributed by atoms with Gasteiger partial charge in [-0.2, -0.15) is 5.26 Å². The molecule has 1 aliphatic heterocycles. The van der Waals surface area contributed by atoms with Crippen molar-refractivity contribution in [3.05, 3.63) is 76.2 Å². The molecule has 158 valence electrons.